The zero-order chi connectivity index (χ0) is 13.8. The molecule has 1 aliphatic rings. The molecule has 7 heteroatoms. The minimum atomic E-state index is -0.169. The van der Waals surface area contributed by atoms with Crippen molar-refractivity contribution in [3.63, 3.8) is 0 Å². The molecule has 2 rings (SSSR count). The molecule has 1 unspecified atom stereocenters. The SMILES string of the molecule is CC(NCc1cc(Br)c(Br)s1)C(=O)N1CCOCC1. The molecule has 1 aliphatic heterocycles. The van der Waals surface area contributed by atoms with Crippen molar-refractivity contribution in [3.05, 3.63) is 19.2 Å². The number of carbonyl (C=O) groups is 1. The van der Waals surface area contributed by atoms with Crippen molar-refractivity contribution < 1.29 is 9.53 Å². The maximum atomic E-state index is 12.2. The maximum Gasteiger partial charge on any atom is 0.239 e. The number of hydrogen-bond acceptors (Lipinski definition) is 4. The van der Waals surface area contributed by atoms with Crippen molar-refractivity contribution in [2.45, 2.75) is 19.5 Å². The smallest absolute Gasteiger partial charge is 0.239 e. The molecule has 0 spiro atoms. The Morgan fingerprint density at radius 1 is 1.53 bits per heavy atom. The van der Waals surface area contributed by atoms with Crippen molar-refractivity contribution in [1.82, 2.24) is 10.2 Å². The average molecular weight is 412 g/mol. The van der Waals surface area contributed by atoms with Crippen LogP contribution in [0.15, 0.2) is 14.3 Å². The molecule has 1 saturated heterocycles. The van der Waals surface area contributed by atoms with Crippen LogP contribution in [0, 0.1) is 0 Å². The Hall–Kier alpha value is 0.0500. The second kappa shape index (κ2) is 7.17. The minimum absolute atomic E-state index is 0.151. The van der Waals surface area contributed by atoms with Gasteiger partial charge in [-0.15, -0.1) is 11.3 Å². The van der Waals surface area contributed by atoms with E-state index < -0.39 is 0 Å². The molecule has 4 nitrogen and oxygen atoms in total. The van der Waals surface area contributed by atoms with Crippen molar-refractivity contribution in [3.8, 4) is 0 Å². The third-order valence-corrected chi connectivity index (χ3v) is 6.23. The topological polar surface area (TPSA) is 41.6 Å². The Morgan fingerprint density at radius 2 is 2.21 bits per heavy atom. The highest BCUT2D eigenvalue weighted by atomic mass is 79.9. The predicted octanol–water partition coefficient (Wildman–Crippen LogP) is 2.61. The lowest BCUT2D eigenvalue weighted by atomic mass is 10.2. The Bertz CT molecular complexity index is 427. The molecule has 1 aromatic heterocycles. The summed E-state index contributed by atoms with van der Waals surface area (Å²) in [5, 5.41) is 3.27. The van der Waals surface area contributed by atoms with Crippen LogP contribution in [0.2, 0.25) is 0 Å². The maximum absolute atomic E-state index is 12.2. The quantitative estimate of drug-likeness (QED) is 0.827. The van der Waals surface area contributed by atoms with Gasteiger partial charge in [-0.25, -0.2) is 0 Å². The van der Waals surface area contributed by atoms with Gasteiger partial charge in [0.2, 0.25) is 5.91 Å². The van der Waals surface area contributed by atoms with Gasteiger partial charge in [-0.2, -0.15) is 0 Å². The van der Waals surface area contributed by atoms with Crippen LogP contribution in [0.5, 0.6) is 0 Å². The molecule has 0 bridgehead atoms. The molecule has 1 aromatic rings. The summed E-state index contributed by atoms with van der Waals surface area (Å²) in [7, 11) is 0. The number of thiophene rings is 1. The Labute approximate surface area is 133 Å². The molecule has 0 aliphatic carbocycles. The van der Waals surface area contributed by atoms with E-state index in [9.17, 15) is 4.79 Å². The van der Waals surface area contributed by atoms with Crippen LogP contribution in [-0.4, -0.2) is 43.2 Å². The fourth-order valence-corrected chi connectivity index (χ4v) is 4.00. The summed E-state index contributed by atoms with van der Waals surface area (Å²) in [6.07, 6.45) is 0. The van der Waals surface area contributed by atoms with Crippen LogP contribution in [0.4, 0.5) is 0 Å². The predicted molar refractivity (Wildman–Crippen MR) is 83.4 cm³/mol. The van der Waals surface area contributed by atoms with Gasteiger partial charge < -0.3 is 15.0 Å². The highest BCUT2D eigenvalue weighted by molar-refractivity contribution is 9.13. The summed E-state index contributed by atoms with van der Waals surface area (Å²) < 4.78 is 7.39. The summed E-state index contributed by atoms with van der Waals surface area (Å²) in [6.45, 7) is 5.29. The summed E-state index contributed by atoms with van der Waals surface area (Å²) in [5.41, 5.74) is 0. The summed E-state index contributed by atoms with van der Waals surface area (Å²) >= 11 is 8.60. The van der Waals surface area contributed by atoms with Crippen molar-refractivity contribution >= 4 is 49.1 Å². The monoisotopic (exact) mass is 410 g/mol. The van der Waals surface area contributed by atoms with Crippen LogP contribution in [0.3, 0.4) is 0 Å². The highest BCUT2D eigenvalue weighted by Crippen LogP contribution is 2.32. The summed E-state index contributed by atoms with van der Waals surface area (Å²) in [5.74, 6) is 0.151. The second-order valence-electron chi connectivity index (χ2n) is 4.37. The molecule has 0 aromatic carbocycles. The lowest BCUT2D eigenvalue weighted by Gasteiger charge is -2.29. The van der Waals surface area contributed by atoms with Gasteiger partial charge in [-0.3, -0.25) is 4.79 Å². The lowest BCUT2D eigenvalue weighted by Crippen LogP contribution is -2.48. The molecule has 1 amide bonds. The minimum Gasteiger partial charge on any atom is -0.378 e. The molecule has 19 heavy (non-hydrogen) atoms. The van der Waals surface area contributed by atoms with Crippen molar-refractivity contribution in [1.29, 1.82) is 0 Å². The van der Waals surface area contributed by atoms with E-state index in [0.717, 1.165) is 8.26 Å². The summed E-state index contributed by atoms with van der Waals surface area (Å²) in [6, 6.07) is 1.89. The normalized spacial score (nSPS) is 17.5. The molecule has 0 saturated carbocycles. The second-order valence-corrected chi connectivity index (χ2v) is 7.68. The molecule has 106 valence electrons. The first-order valence-corrected chi connectivity index (χ1v) is 8.52. The number of nitrogens with zero attached hydrogens (tertiary/aromatic N) is 1. The van der Waals surface area contributed by atoms with Crippen LogP contribution < -0.4 is 5.32 Å². The average Bonchev–Trinajstić information content (AvgIpc) is 2.75. The molecular weight excluding hydrogens is 396 g/mol. The van der Waals surface area contributed by atoms with Gasteiger partial charge in [0.25, 0.3) is 0 Å². The van der Waals surface area contributed by atoms with E-state index in [0.29, 0.717) is 32.8 Å². The van der Waals surface area contributed by atoms with E-state index in [2.05, 4.69) is 43.2 Å². The first-order valence-electron chi connectivity index (χ1n) is 6.11. The molecular formula is C12H16Br2N2O2S. The number of ether oxygens (including phenoxy) is 1. The fraction of sp³-hybridized carbons (Fsp3) is 0.583. The lowest BCUT2D eigenvalue weighted by molar-refractivity contribution is -0.137. The Kier molecular flexibility index (Phi) is 5.83. The number of amides is 1. The zero-order valence-electron chi connectivity index (χ0n) is 10.6. The van der Waals surface area contributed by atoms with E-state index >= 15 is 0 Å². The standard InChI is InChI=1S/C12H16Br2N2O2S/c1-8(12(17)16-2-4-18-5-3-16)15-7-9-6-10(13)11(14)19-9/h6,8,15H,2-5,7H2,1H3. The van der Waals surface area contributed by atoms with Crippen molar-refractivity contribution in [2.75, 3.05) is 26.3 Å². The third kappa shape index (κ3) is 4.26. The first-order chi connectivity index (χ1) is 9.08. The zero-order valence-corrected chi connectivity index (χ0v) is 14.6. The largest absolute Gasteiger partial charge is 0.378 e. The number of hydrogen-bond donors (Lipinski definition) is 1. The first kappa shape index (κ1) is 15.4. The van der Waals surface area contributed by atoms with Gasteiger partial charge in [0.05, 0.1) is 23.0 Å². The van der Waals surface area contributed by atoms with E-state index in [1.807, 2.05) is 11.8 Å². The van der Waals surface area contributed by atoms with Gasteiger partial charge in [0.15, 0.2) is 0 Å². The van der Waals surface area contributed by atoms with E-state index in [4.69, 9.17) is 4.74 Å². The molecule has 2 heterocycles. The fourth-order valence-electron chi connectivity index (χ4n) is 1.88. The third-order valence-electron chi connectivity index (χ3n) is 2.97. The van der Waals surface area contributed by atoms with Gasteiger partial charge in [-0.1, -0.05) is 0 Å². The summed E-state index contributed by atoms with van der Waals surface area (Å²) in [4.78, 5) is 15.2. The number of halogens is 2. The number of rotatable bonds is 4. The number of morpholine rings is 1. The van der Waals surface area contributed by atoms with Crippen LogP contribution >= 0.6 is 43.2 Å². The van der Waals surface area contributed by atoms with Crippen molar-refractivity contribution in [2.24, 2.45) is 0 Å². The van der Waals surface area contributed by atoms with Gasteiger partial charge in [0.1, 0.15) is 0 Å². The van der Waals surface area contributed by atoms with Gasteiger partial charge >= 0.3 is 0 Å². The van der Waals surface area contributed by atoms with E-state index in [-0.39, 0.29) is 11.9 Å². The Morgan fingerprint density at radius 3 is 2.79 bits per heavy atom. The highest BCUT2D eigenvalue weighted by Gasteiger charge is 2.22. The van der Waals surface area contributed by atoms with Crippen LogP contribution in [-0.2, 0) is 16.1 Å². The van der Waals surface area contributed by atoms with E-state index in [1.165, 1.54) is 4.88 Å². The van der Waals surface area contributed by atoms with Gasteiger partial charge in [0, 0.05) is 29.0 Å². The van der Waals surface area contributed by atoms with Crippen LogP contribution in [0.25, 0.3) is 0 Å². The van der Waals surface area contributed by atoms with Gasteiger partial charge in [-0.05, 0) is 44.8 Å². The van der Waals surface area contributed by atoms with E-state index in [1.54, 1.807) is 11.3 Å². The number of nitrogens with one attached hydrogen (secondary N) is 1. The molecule has 1 atom stereocenters. The molecule has 0 radical (unpaired) electrons. The Balaban J connectivity index is 1.83. The number of carbonyl (C=O) groups excluding carboxylic acids is 1. The molecule has 1 fully saturated rings. The van der Waals surface area contributed by atoms with Crippen LogP contribution in [0.1, 0.15) is 11.8 Å². The molecule has 1 N–H and O–H groups in total.